The summed E-state index contributed by atoms with van der Waals surface area (Å²) in [4.78, 5) is 7.50. The number of hydrogen-bond acceptors (Lipinski definition) is 3. The van der Waals surface area contributed by atoms with Crippen LogP contribution in [0.15, 0.2) is 18.7 Å². The first-order chi connectivity index (χ1) is 6.95. The highest BCUT2D eigenvalue weighted by molar-refractivity contribution is 5.29. The molecule has 1 atom stereocenters. The molecule has 0 bridgehead atoms. The van der Waals surface area contributed by atoms with Gasteiger partial charge in [-0.15, -0.1) is 0 Å². The van der Waals surface area contributed by atoms with Gasteiger partial charge in [0.1, 0.15) is 0 Å². The van der Waals surface area contributed by atoms with Crippen LogP contribution in [-0.2, 0) is 6.42 Å². The molecule has 5 nitrogen and oxygen atoms in total. The van der Waals surface area contributed by atoms with Gasteiger partial charge in [0.05, 0.1) is 24.3 Å². The van der Waals surface area contributed by atoms with Crippen molar-refractivity contribution >= 4 is 0 Å². The van der Waals surface area contributed by atoms with Crippen LogP contribution in [0.3, 0.4) is 0 Å². The van der Waals surface area contributed by atoms with E-state index in [0.29, 0.717) is 0 Å². The summed E-state index contributed by atoms with van der Waals surface area (Å²) in [6, 6.07) is 0.184. The molecule has 1 aliphatic heterocycles. The molecule has 0 spiro atoms. The molecule has 0 amide bonds. The average Bonchev–Trinajstić information content (AvgIpc) is 2.88. The monoisotopic (exact) mass is 189 g/mol. The van der Waals surface area contributed by atoms with Crippen LogP contribution in [0.1, 0.15) is 23.0 Å². The van der Waals surface area contributed by atoms with E-state index in [1.807, 2.05) is 12.4 Å². The van der Waals surface area contributed by atoms with Crippen LogP contribution in [0.5, 0.6) is 0 Å². The van der Waals surface area contributed by atoms with Crippen molar-refractivity contribution in [2.24, 2.45) is 0 Å². The SMILES string of the molecule is c1nc2c([nH]1)CCNC2c1cn[nH]c1. The van der Waals surface area contributed by atoms with E-state index in [1.165, 1.54) is 5.69 Å². The molecule has 2 aromatic heterocycles. The van der Waals surface area contributed by atoms with Gasteiger partial charge in [0.15, 0.2) is 0 Å². The lowest BCUT2D eigenvalue weighted by atomic mass is 10.0. The number of hydrogen-bond donors (Lipinski definition) is 3. The maximum absolute atomic E-state index is 4.33. The van der Waals surface area contributed by atoms with Crippen molar-refractivity contribution in [2.45, 2.75) is 12.5 Å². The van der Waals surface area contributed by atoms with Gasteiger partial charge in [0.25, 0.3) is 0 Å². The summed E-state index contributed by atoms with van der Waals surface area (Å²) in [5.74, 6) is 0. The second-order valence-electron chi connectivity index (χ2n) is 3.44. The first-order valence-electron chi connectivity index (χ1n) is 4.69. The normalized spacial score (nSPS) is 20.7. The molecule has 1 unspecified atom stereocenters. The number of nitrogens with zero attached hydrogens (tertiary/aromatic N) is 2. The molecular formula is C9H11N5. The van der Waals surface area contributed by atoms with Crippen molar-refractivity contribution in [3.05, 3.63) is 35.7 Å². The first-order valence-corrected chi connectivity index (χ1v) is 4.69. The van der Waals surface area contributed by atoms with Crippen molar-refractivity contribution in [2.75, 3.05) is 6.54 Å². The Morgan fingerprint density at radius 2 is 2.43 bits per heavy atom. The number of aromatic nitrogens is 4. The zero-order chi connectivity index (χ0) is 9.38. The molecule has 3 heterocycles. The number of rotatable bonds is 1. The third-order valence-electron chi connectivity index (χ3n) is 2.60. The third kappa shape index (κ3) is 1.06. The van der Waals surface area contributed by atoms with Gasteiger partial charge in [-0.2, -0.15) is 5.10 Å². The fourth-order valence-corrected chi connectivity index (χ4v) is 1.91. The van der Waals surface area contributed by atoms with Gasteiger partial charge in [-0.1, -0.05) is 0 Å². The van der Waals surface area contributed by atoms with Gasteiger partial charge in [-0.25, -0.2) is 4.98 Å². The lowest BCUT2D eigenvalue weighted by Gasteiger charge is -2.21. The van der Waals surface area contributed by atoms with Gasteiger partial charge in [-0.05, 0) is 0 Å². The van der Waals surface area contributed by atoms with E-state index in [2.05, 4.69) is 25.5 Å². The van der Waals surface area contributed by atoms with Crippen LogP contribution in [0.2, 0.25) is 0 Å². The number of imidazole rings is 1. The average molecular weight is 189 g/mol. The number of fused-ring (bicyclic) bond motifs is 1. The molecule has 0 saturated carbocycles. The second kappa shape index (κ2) is 2.95. The van der Waals surface area contributed by atoms with Crippen LogP contribution in [-0.4, -0.2) is 26.7 Å². The molecule has 0 radical (unpaired) electrons. The number of H-pyrrole nitrogens is 2. The number of aromatic amines is 2. The summed E-state index contributed by atoms with van der Waals surface area (Å²) < 4.78 is 0. The Labute approximate surface area is 81.0 Å². The predicted molar refractivity (Wildman–Crippen MR) is 50.7 cm³/mol. The van der Waals surface area contributed by atoms with Crippen molar-refractivity contribution in [1.82, 2.24) is 25.5 Å². The molecule has 0 fully saturated rings. The molecule has 3 rings (SSSR count). The lowest BCUT2D eigenvalue weighted by Crippen LogP contribution is -2.30. The summed E-state index contributed by atoms with van der Waals surface area (Å²) >= 11 is 0. The van der Waals surface area contributed by atoms with Crippen molar-refractivity contribution in [3.8, 4) is 0 Å². The zero-order valence-electron chi connectivity index (χ0n) is 7.62. The Morgan fingerprint density at radius 3 is 3.29 bits per heavy atom. The lowest BCUT2D eigenvalue weighted by molar-refractivity contribution is 0.554. The molecule has 3 N–H and O–H groups in total. The van der Waals surface area contributed by atoms with Crippen LogP contribution in [0, 0.1) is 0 Å². The highest BCUT2D eigenvalue weighted by Crippen LogP contribution is 2.24. The highest BCUT2D eigenvalue weighted by Gasteiger charge is 2.23. The quantitative estimate of drug-likeness (QED) is 0.607. The molecule has 0 aromatic carbocycles. The van der Waals surface area contributed by atoms with Crippen molar-refractivity contribution in [3.63, 3.8) is 0 Å². The molecule has 72 valence electrons. The number of nitrogens with one attached hydrogen (secondary N) is 3. The zero-order valence-corrected chi connectivity index (χ0v) is 7.62. The Morgan fingerprint density at radius 1 is 1.43 bits per heavy atom. The van der Waals surface area contributed by atoms with Crippen LogP contribution < -0.4 is 5.32 Å². The van der Waals surface area contributed by atoms with Crippen LogP contribution >= 0.6 is 0 Å². The minimum absolute atomic E-state index is 0.184. The van der Waals surface area contributed by atoms with Gasteiger partial charge in [-0.3, -0.25) is 5.10 Å². The maximum atomic E-state index is 4.33. The molecule has 2 aromatic rings. The van der Waals surface area contributed by atoms with Crippen molar-refractivity contribution < 1.29 is 0 Å². The summed E-state index contributed by atoms with van der Waals surface area (Å²) in [7, 11) is 0. The van der Waals surface area contributed by atoms with Gasteiger partial charge in [0.2, 0.25) is 0 Å². The Hall–Kier alpha value is -1.62. The second-order valence-corrected chi connectivity index (χ2v) is 3.44. The standard InChI is InChI=1S/C9H11N5/c1-2-10-8(6-3-13-14-4-6)9-7(1)11-5-12-9/h3-5,8,10H,1-2H2,(H,11,12)(H,13,14). The minimum atomic E-state index is 0.184. The molecule has 1 aliphatic rings. The Kier molecular flexibility index (Phi) is 1.63. The fraction of sp³-hybridized carbons (Fsp3) is 0.333. The van der Waals surface area contributed by atoms with E-state index in [4.69, 9.17) is 0 Å². The summed E-state index contributed by atoms with van der Waals surface area (Å²) in [5, 5.41) is 10.2. The van der Waals surface area contributed by atoms with Crippen molar-refractivity contribution in [1.29, 1.82) is 0 Å². The first kappa shape index (κ1) is 7.75. The molecular weight excluding hydrogens is 178 g/mol. The predicted octanol–water partition coefficient (Wildman–Crippen LogP) is 0.368. The Bertz CT molecular complexity index is 416. The smallest absolute Gasteiger partial charge is 0.0926 e. The van der Waals surface area contributed by atoms with Crippen LogP contribution in [0.4, 0.5) is 0 Å². The molecule has 0 aliphatic carbocycles. The molecule has 0 saturated heterocycles. The van der Waals surface area contributed by atoms with Crippen LogP contribution in [0.25, 0.3) is 0 Å². The van der Waals surface area contributed by atoms with Gasteiger partial charge >= 0.3 is 0 Å². The van der Waals surface area contributed by atoms with E-state index in [1.54, 1.807) is 6.33 Å². The largest absolute Gasteiger partial charge is 0.348 e. The van der Waals surface area contributed by atoms with Gasteiger partial charge < -0.3 is 10.3 Å². The molecule has 14 heavy (non-hydrogen) atoms. The topological polar surface area (TPSA) is 69.4 Å². The summed E-state index contributed by atoms with van der Waals surface area (Å²) in [6.45, 7) is 0.977. The maximum Gasteiger partial charge on any atom is 0.0926 e. The van der Waals surface area contributed by atoms with E-state index in [9.17, 15) is 0 Å². The van der Waals surface area contributed by atoms with E-state index in [-0.39, 0.29) is 6.04 Å². The fourth-order valence-electron chi connectivity index (χ4n) is 1.91. The van der Waals surface area contributed by atoms with E-state index < -0.39 is 0 Å². The highest BCUT2D eigenvalue weighted by atomic mass is 15.1. The molecule has 5 heteroatoms. The minimum Gasteiger partial charge on any atom is -0.348 e. The van der Waals surface area contributed by atoms with Gasteiger partial charge in [0, 0.05) is 30.4 Å². The Balaban J connectivity index is 2.04. The summed E-state index contributed by atoms with van der Waals surface area (Å²) in [6.07, 6.45) is 6.51. The van der Waals surface area contributed by atoms with E-state index >= 15 is 0 Å². The summed E-state index contributed by atoms with van der Waals surface area (Å²) in [5.41, 5.74) is 3.46. The third-order valence-corrected chi connectivity index (χ3v) is 2.60. The van der Waals surface area contributed by atoms with E-state index in [0.717, 1.165) is 24.2 Å².